The number of aromatic nitrogens is 2. The first kappa shape index (κ1) is 18.1. The van der Waals surface area contributed by atoms with Gasteiger partial charge in [0, 0.05) is 10.4 Å². The van der Waals surface area contributed by atoms with Gasteiger partial charge in [0.05, 0.1) is 27.2 Å². The number of hydrogen-bond acceptors (Lipinski definition) is 3. The van der Waals surface area contributed by atoms with Gasteiger partial charge in [-0.3, -0.25) is 4.79 Å². The molecular weight excluding hydrogens is 425 g/mol. The number of benzene rings is 2. The first-order valence-corrected chi connectivity index (χ1v) is 9.13. The predicted molar refractivity (Wildman–Crippen MR) is 107 cm³/mol. The van der Waals surface area contributed by atoms with Crippen molar-refractivity contribution in [2.45, 2.75) is 19.8 Å². The molecular formula is C18H14BrCl2N3O. The minimum absolute atomic E-state index is 0.0340. The van der Waals surface area contributed by atoms with Crippen LogP contribution in [0.5, 0.6) is 0 Å². The van der Waals surface area contributed by atoms with Gasteiger partial charge < -0.3 is 0 Å². The van der Waals surface area contributed by atoms with Crippen molar-refractivity contribution < 1.29 is 0 Å². The Balaban J connectivity index is 2.17. The van der Waals surface area contributed by atoms with Gasteiger partial charge in [-0.05, 0) is 35.9 Å². The molecule has 0 aliphatic heterocycles. The summed E-state index contributed by atoms with van der Waals surface area (Å²) in [6, 6.07) is 10.6. The van der Waals surface area contributed by atoms with Crippen molar-refractivity contribution in [1.29, 1.82) is 0 Å². The summed E-state index contributed by atoms with van der Waals surface area (Å²) >= 11 is 15.3. The van der Waals surface area contributed by atoms with Crippen molar-refractivity contribution in [3.8, 4) is 0 Å². The molecule has 0 saturated carbocycles. The van der Waals surface area contributed by atoms with E-state index in [1.807, 2.05) is 26.0 Å². The summed E-state index contributed by atoms with van der Waals surface area (Å²) in [4.78, 5) is 17.5. The maximum atomic E-state index is 12.9. The molecule has 3 aromatic rings. The van der Waals surface area contributed by atoms with Crippen LogP contribution in [0.15, 0.2) is 50.8 Å². The normalized spacial score (nSPS) is 11.8. The molecule has 4 nitrogen and oxygen atoms in total. The summed E-state index contributed by atoms with van der Waals surface area (Å²) in [6.07, 6.45) is 1.57. The van der Waals surface area contributed by atoms with Crippen LogP contribution < -0.4 is 5.56 Å². The second kappa shape index (κ2) is 7.28. The van der Waals surface area contributed by atoms with Gasteiger partial charge in [0.1, 0.15) is 5.82 Å². The molecule has 0 unspecified atom stereocenters. The highest BCUT2D eigenvalue weighted by molar-refractivity contribution is 9.10. The predicted octanol–water partition coefficient (Wildman–Crippen LogP) is 5.47. The highest BCUT2D eigenvalue weighted by Gasteiger charge is 2.13. The number of fused-ring (bicyclic) bond motifs is 1. The minimum Gasteiger partial charge on any atom is -0.267 e. The zero-order valence-electron chi connectivity index (χ0n) is 13.5. The zero-order chi connectivity index (χ0) is 18.1. The van der Waals surface area contributed by atoms with Gasteiger partial charge >= 0.3 is 0 Å². The van der Waals surface area contributed by atoms with Crippen LogP contribution in [-0.2, 0) is 0 Å². The van der Waals surface area contributed by atoms with Crippen molar-refractivity contribution in [1.82, 2.24) is 9.66 Å². The van der Waals surface area contributed by atoms with Crippen LogP contribution in [0.1, 0.15) is 31.2 Å². The standard InChI is InChI=1S/C18H14BrCl2N3O/c1-10(2)17-23-16-6-4-12(19)8-13(16)18(25)24(17)22-9-11-3-5-14(20)15(21)7-11/h3-10H,1-2H3. The van der Waals surface area contributed by atoms with Crippen LogP contribution in [0.3, 0.4) is 0 Å². The topological polar surface area (TPSA) is 47.2 Å². The van der Waals surface area contributed by atoms with E-state index in [0.29, 0.717) is 26.8 Å². The molecule has 0 saturated heterocycles. The Kier molecular flexibility index (Phi) is 5.27. The van der Waals surface area contributed by atoms with Crippen LogP contribution in [0.4, 0.5) is 0 Å². The summed E-state index contributed by atoms with van der Waals surface area (Å²) in [7, 11) is 0. The van der Waals surface area contributed by atoms with Crippen LogP contribution in [0.25, 0.3) is 10.9 Å². The van der Waals surface area contributed by atoms with Crippen LogP contribution in [-0.4, -0.2) is 15.9 Å². The molecule has 0 bridgehead atoms. The van der Waals surface area contributed by atoms with Crippen molar-refractivity contribution in [2.75, 3.05) is 0 Å². The second-order valence-electron chi connectivity index (χ2n) is 5.82. The summed E-state index contributed by atoms with van der Waals surface area (Å²) < 4.78 is 2.15. The van der Waals surface area contributed by atoms with E-state index < -0.39 is 0 Å². The quantitative estimate of drug-likeness (QED) is 0.509. The first-order valence-electron chi connectivity index (χ1n) is 7.58. The van der Waals surface area contributed by atoms with E-state index in [4.69, 9.17) is 23.2 Å². The lowest BCUT2D eigenvalue weighted by Crippen LogP contribution is -2.23. The van der Waals surface area contributed by atoms with Gasteiger partial charge in [-0.15, -0.1) is 0 Å². The summed E-state index contributed by atoms with van der Waals surface area (Å²) in [5.74, 6) is 0.628. The monoisotopic (exact) mass is 437 g/mol. The average molecular weight is 439 g/mol. The fourth-order valence-corrected chi connectivity index (χ4v) is 3.04. The third kappa shape index (κ3) is 3.78. The molecule has 1 heterocycles. The maximum Gasteiger partial charge on any atom is 0.282 e. The van der Waals surface area contributed by atoms with Crippen LogP contribution in [0, 0.1) is 0 Å². The Hall–Kier alpha value is -1.69. The first-order chi connectivity index (χ1) is 11.9. The number of halogens is 3. The molecule has 0 N–H and O–H groups in total. The van der Waals surface area contributed by atoms with E-state index in [9.17, 15) is 4.79 Å². The summed E-state index contributed by atoms with van der Waals surface area (Å²) in [5, 5.41) is 5.75. The molecule has 0 aliphatic carbocycles. The molecule has 7 heteroatoms. The van der Waals surface area contributed by atoms with Crippen LogP contribution >= 0.6 is 39.1 Å². The Morgan fingerprint density at radius 3 is 2.60 bits per heavy atom. The fraction of sp³-hybridized carbons (Fsp3) is 0.167. The summed E-state index contributed by atoms with van der Waals surface area (Å²) in [6.45, 7) is 3.94. The highest BCUT2D eigenvalue weighted by Crippen LogP contribution is 2.22. The average Bonchev–Trinajstić information content (AvgIpc) is 2.57. The molecule has 0 atom stereocenters. The highest BCUT2D eigenvalue weighted by atomic mass is 79.9. The van der Waals surface area contributed by atoms with E-state index in [0.717, 1.165) is 10.0 Å². The van der Waals surface area contributed by atoms with Crippen molar-refractivity contribution >= 4 is 56.2 Å². The van der Waals surface area contributed by atoms with E-state index in [1.54, 1.807) is 30.5 Å². The summed E-state index contributed by atoms with van der Waals surface area (Å²) in [5.41, 5.74) is 1.18. The van der Waals surface area contributed by atoms with Crippen LogP contribution in [0.2, 0.25) is 10.0 Å². The lowest BCUT2D eigenvalue weighted by molar-refractivity contribution is 0.665. The Morgan fingerprint density at radius 2 is 1.92 bits per heavy atom. The lowest BCUT2D eigenvalue weighted by atomic mass is 10.2. The van der Waals surface area contributed by atoms with Crippen molar-refractivity contribution in [2.24, 2.45) is 5.10 Å². The van der Waals surface area contributed by atoms with Crippen molar-refractivity contribution in [3.05, 3.63) is 72.7 Å². The largest absolute Gasteiger partial charge is 0.282 e. The Morgan fingerprint density at radius 1 is 1.16 bits per heavy atom. The van der Waals surface area contributed by atoms with Gasteiger partial charge in [0.25, 0.3) is 5.56 Å². The third-order valence-electron chi connectivity index (χ3n) is 3.62. The molecule has 0 aliphatic rings. The van der Waals surface area contributed by atoms with Gasteiger partial charge in [0.2, 0.25) is 0 Å². The number of hydrogen-bond donors (Lipinski definition) is 0. The molecule has 128 valence electrons. The molecule has 2 aromatic carbocycles. The Bertz CT molecular complexity index is 1040. The zero-order valence-corrected chi connectivity index (χ0v) is 16.6. The molecule has 0 spiro atoms. The van der Waals surface area contributed by atoms with Crippen molar-refractivity contribution in [3.63, 3.8) is 0 Å². The Labute approximate surface area is 163 Å². The lowest BCUT2D eigenvalue weighted by Gasteiger charge is -2.11. The second-order valence-corrected chi connectivity index (χ2v) is 7.55. The molecule has 0 fully saturated rings. The smallest absolute Gasteiger partial charge is 0.267 e. The van der Waals surface area contributed by atoms with Gasteiger partial charge in [-0.1, -0.05) is 59.0 Å². The third-order valence-corrected chi connectivity index (χ3v) is 4.85. The van der Waals surface area contributed by atoms with E-state index >= 15 is 0 Å². The minimum atomic E-state index is -0.216. The molecule has 1 aromatic heterocycles. The fourth-order valence-electron chi connectivity index (χ4n) is 2.37. The van der Waals surface area contributed by atoms with E-state index in [-0.39, 0.29) is 11.5 Å². The molecule has 25 heavy (non-hydrogen) atoms. The molecule has 3 rings (SSSR count). The number of nitrogens with zero attached hydrogens (tertiary/aromatic N) is 3. The maximum absolute atomic E-state index is 12.9. The van der Waals surface area contributed by atoms with Gasteiger partial charge in [0.15, 0.2) is 0 Å². The SMILES string of the molecule is CC(C)c1nc2ccc(Br)cc2c(=O)n1N=Cc1ccc(Cl)c(Cl)c1. The van der Waals surface area contributed by atoms with Gasteiger partial charge in [-0.2, -0.15) is 9.78 Å². The van der Waals surface area contributed by atoms with E-state index in [1.165, 1.54) is 4.68 Å². The molecule has 0 amide bonds. The van der Waals surface area contributed by atoms with Gasteiger partial charge in [-0.25, -0.2) is 4.98 Å². The molecule has 0 radical (unpaired) electrons. The number of rotatable bonds is 3. The van der Waals surface area contributed by atoms with E-state index in [2.05, 4.69) is 26.0 Å².